The lowest BCUT2D eigenvalue weighted by atomic mass is 9.88. The van der Waals surface area contributed by atoms with Gasteiger partial charge in [-0.15, -0.1) is 0 Å². The monoisotopic (exact) mass is 260 g/mol. The fourth-order valence-corrected chi connectivity index (χ4v) is 3.64. The van der Waals surface area contributed by atoms with Gasteiger partial charge in [0.25, 0.3) is 0 Å². The molecule has 1 aliphatic carbocycles. The number of nitrogens with one attached hydrogen (secondary N) is 1. The lowest BCUT2D eigenvalue weighted by Gasteiger charge is -2.39. The van der Waals surface area contributed by atoms with Crippen molar-refractivity contribution in [3.05, 3.63) is 30.1 Å². The number of rotatable bonds is 3. The Morgan fingerprint density at radius 2 is 2.05 bits per heavy atom. The molecule has 1 unspecified atom stereocenters. The van der Waals surface area contributed by atoms with Crippen LogP contribution in [0.2, 0.25) is 0 Å². The van der Waals surface area contributed by atoms with Gasteiger partial charge in [0.15, 0.2) is 0 Å². The molecule has 3 rings (SSSR count). The van der Waals surface area contributed by atoms with E-state index < -0.39 is 0 Å². The van der Waals surface area contributed by atoms with Gasteiger partial charge in [0.05, 0.1) is 5.60 Å². The van der Waals surface area contributed by atoms with Crippen LogP contribution in [0.5, 0.6) is 0 Å². The normalized spacial score (nSPS) is 27.5. The third-order valence-corrected chi connectivity index (χ3v) is 4.70. The minimum Gasteiger partial charge on any atom is -0.375 e. The highest BCUT2D eigenvalue weighted by Gasteiger charge is 2.39. The van der Waals surface area contributed by atoms with Gasteiger partial charge >= 0.3 is 0 Å². The maximum atomic E-state index is 6.09. The fourth-order valence-electron chi connectivity index (χ4n) is 3.64. The maximum absolute atomic E-state index is 6.09. The third-order valence-electron chi connectivity index (χ3n) is 4.70. The first-order valence-electron chi connectivity index (χ1n) is 7.57. The largest absolute Gasteiger partial charge is 0.375 e. The predicted octanol–water partition coefficient (Wildman–Crippen LogP) is 3.22. The summed E-state index contributed by atoms with van der Waals surface area (Å²) in [5.41, 5.74) is 1.52. The van der Waals surface area contributed by atoms with Gasteiger partial charge in [-0.3, -0.25) is 4.98 Å². The summed E-state index contributed by atoms with van der Waals surface area (Å²) in [6, 6.07) is 5.18. The number of nitrogens with zero attached hydrogens (tertiary/aromatic N) is 1. The molecule has 2 aliphatic rings. The second-order valence-corrected chi connectivity index (χ2v) is 6.10. The number of ether oxygens (including phenoxy) is 1. The van der Waals surface area contributed by atoms with Crippen LogP contribution in [0.25, 0.3) is 0 Å². The highest BCUT2D eigenvalue weighted by molar-refractivity contribution is 5.14. The Kier molecular flexibility index (Phi) is 3.85. The average Bonchev–Trinajstić information content (AvgIpc) is 2.88. The Labute approximate surface area is 115 Å². The molecule has 0 radical (unpaired) electrons. The zero-order valence-electron chi connectivity index (χ0n) is 11.8. The van der Waals surface area contributed by atoms with Crippen LogP contribution in [-0.2, 0) is 4.74 Å². The second-order valence-electron chi connectivity index (χ2n) is 6.10. The number of aromatic nitrogens is 1. The first kappa shape index (κ1) is 13.1. The standard InChI is InChI=1S/C16H24N2O/c1-13(14-4-9-17-10-5-14)18-15-6-11-19-16(12-15)7-2-3-8-16/h4-5,9-10,13,15,18H,2-3,6-8,11-12H2,1H3/t13-,15?/m1/s1. The molecule has 1 spiro atoms. The molecule has 1 aliphatic heterocycles. The summed E-state index contributed by atoms with van der Waals surface area (Å²) in [7, 11) is 0. The summed E-state index contributed by atoms with van der Waals surface area (Å²) in [6.07, 6.45) is 11.3. The highest BCUT2D eigenvalue weighted by atomic mass is 16.5. The van der Waals surface area contributed by atoms with E-state index >= 15 is 0 Å². The van der Waals surface area contributed by atoms with Crippen LogP contribution in [0.15, 0.2) is 24.5 Å². The van der Waals surface area contributed by atoms with Crippen molar-refractivity contribution in [3.63, 3.8) is 0 Å². The van der Waals surface area contributed by atoms with Crippen molar-refractivity contribution in [2.24, 2.45) is 0 Å². The van der Waals surface area contributed by atoms with Crippen molar-refractivity contribution in [2.45, 2.75) is 63.1 Å². The van der Waals surface area contributed by atoms with Gasteiger partial charge in [-0.2, -0.15) is 0 Å². The van der Waals surface area contributed by atoms with Crippen LogP contribution in [0.4, 0.5) is 0 Å². The average molecular weight is 260 g/mol. The van der Waals surface area contributed by atoms with Crippen molar-refractivity contribution in [2.75, 3.05) is 6.61 Å². The van der Waals surface area contributed by atoms with Crippen LogP contribution in [0, 0.1) is 0 Å². The van der Waals surface area contributed by atoms with Gasteiger partial charge in [0.1, 0.15) is 0 Å². The van der Waals surface area contributed by atoms with E-state index in [1.807, 2.05) is 12.4 Å². The van der Waals surface area contributed by atoms with Crippen LogP contribution in [0.1, 0.15) is 57.1 Å². The summed E-state index contributed by atoms with van der Waals surface area (Å²) in [6.45, 7) is 3.16. The van der Waals surface area contributed by atoms with E-state index in [1.54, 1.807) is 0 Å². The molecule has 1 N–H and O–H groups in total. The zero-order chi connectivity index (χ0) is 13.1. The Balaban J connectivity index is 1.60. The van der Waals surface area contributed by atoms with Crippen molar-refractivity contribution < 1.29 is 4.74 Å². The molecule has 104 valence electrons. The van der Waals surface area contributed by atoms with Gasteiger partial charge in [-0.25, -0.2) is 0 Å². The molecule has 2 heterocycles. The van der Waals surface area contributed by atoms with Crippen molar-refractivity contribution in [1.29, 1.82) is 0 Å². The molecule has 2 fully saturated rings. The van der Waals surface area contributed by atoms with Crippen LogP contribution in [-0.4, -0.2) is 23.2 Å². The Morgan fingerprint density at radius 3 is 2.79 bits per heavy atom. The van der Waals surface area contributed by atoms with E-state index in [1.165, 1.54) is 37.7 Å². The third kappa shape index (κ3) is 2.98. The summed E-state index contributed by atoms with van der Waals surface area (Å²) >= 11 is 0. The minimum atomic E-state index is 0.202. The molecule has 2 atom stereocenters. The van der Waals surface area contributed by atoms with E-state index in [4.69, 9.17) is 4.74 Å². The summed E-state index contributed by atoms with van der Waals surface area (Å²) < 4.78 is 6.09. The molecule has 19 heavy (non-hydrogen) atoms. The molecule has 1 aromatic heterocycles. The van der Waals surface area contributed by atoms with Crippen LogP contribution >= 0.6 is 0 Å². The molecular weight excluding hydrogens is 236 g/mol. The van der Waals surface area contributed by atoms with E-state index in [2.05, 4.69) is 29.4 Å². The number of hydrogen-bond acceptors (Lipinski definition) is 3. The van der Waals surface area contributed by atoms with Gasteiger partial charge in [0.2, 0.25) is 0 Å². The Hall–Kier alpha value is -0.930. The summed E-state index contributed by atoms with van der Waals surface area (Å²) in [4.78, 5) is 4.08. The van der Waals surface area contributed by atoms with Crippen molar-refractivity contribution >= 4 is 0 Å². The van der Waals surface area contributed by atoms with Crippen LogP contribution < -0.4 is 5.32 Å². The molecule has 1 saturated carbocycles. The molecule has 0 amide bonds. The first-order valence-corrected chi connectivity index (χ1v) is 7.57. The topological polar surface area (TPSA) is 34.1 Å². The molecule has 1 saturated heterocycles. The quantitative estimate of drug-likeness (QED) is 0.906. The Bertz CT molecular complexity index is 400. The van der Waals surface area contributed by atoms with E-state index in [-0.39, 0.29) is 5.60 Å². The predicted molar refractivity (Wildman–Crippen MR) is 76.0 cm³/mol. The van der Waals surface area contributed by atoms with Gasteiger partial charge in [-0.1, -0.05) is 12.8 Å². The lowest BCUT2D eigenvalue weighted by molar-refractivity contribution is -0.0846. The highest BCUT2D eigenvalue weighted by Crippen LogP contribution is 2.40. The molecule has 1 aromatic rings. The maximum Gasteiger partial charge on any atom is 0.0697 e. The number of pyridine rings is 1. The smallest absolute Gasteiger partial charge is 0.0697 e. The van der Waals surface area contributed by atoms with Crippen molar-refractivity contribution in [1.82, 2.24) is 10.3 Å². The zero-order valence-corrected chi connectivity index (χ0v) is 11.8. The molecule has 3 heteroatoms. The SMILES string of the molecule is C[C@@H](NC1CCOC2(CCCC2)C1)c1ccncc1. The molecular formula is C16H24N2O. The molecule has 0 aromatic carbocycles. The first-order chi connectivity index (χ1) is 9.27. The molecule has 3 nitrogen and oxygen atoms in total. The second kappa shape index (κ2) is 5.59. The Morgan fingerprint density at radius 1 is 1.32 bits per heavy atom. The lowest BCUT2D eigenvalue weighted by Crippen LogP contribution is -2.46. The van der Waals surface area contributed by atoms with E-state index in [0.29, 0.717) is 12.1 Å². The van der Waals surface area contributed by atoms with Crippen molar-refractivity contribution in [3.8, 4) is 0 Å². The minimum absolute atomic E-state index is 0.202. The van der Waals surface area contributed by atoms with E-state index in [0.717, 1.165) is 13.0 Å². The van der Waals surface area contributed by atoms with E-state index in [9.17, 15) is 0 Å². The summed E-state index contributed by atoms with van der Waals surface area (Å²) in [5, 5.41) is 3.78. The summed E-state index contributed by atoms with van der Waals surface area (Å²) in [5.74, 6) is 0. The van der Waals surface area contributed by atoms with Gasteiger partial charge in [-0.05, 0) is 50.3 Å². The number of hydrogen-bond donors (Lipinski definition) is 1. The van der Waals surface area contributed by atoms with Gasteiger partial charge < -0.3 is 10.1 Å². The van der Waals surface area contributed by atoms with Gasteiger partial charge in [0, 0.05) is 31.1 Å². The fraction of sp³-hybridized carbons (Fsp3) is 0.688. The molecule has 0 bridgehead atoms. The van der Waals surface area contributed by atoms with Crippen LogP contribution in [0.3, 0.4) is 0 Å².